The van der Waals surface area contributed by atoms with Crippen LogP contribution in [0.25, 0.3) is 0 Å². The molecule has 1 amide bonds. The van der Waals surface area contributed by atoms with Crippen molar-refractivity contribution in [1.82, 2.24) is 20.1 Å². The van der Waals surface area contributed by atoms with Crippen molar-refractivity contribution in [2.75, 3.05) is 26.2 Å². The maximum atomic E-state index is 12.3. The summed E-state index contributed by atoms with van der Waals surface area (Å²) in [5.74, 6) is 0.521. The van der Waals surface area contributed by atoms with Gasteiger partial charge in [-0.3, -0.25) is 14.6 Å². The van der Waals surface area contributed by atoms with Crippen molar-refractivity contribution in [3.8, 4) is 0 Å². The fourth-order valence-corrected chi connectivity index (χ4v) is 3.96. The Kier molecular flexibility index (Phi) is 5.84. The number of hydrogen-bond donors (Lipinski definition) is 1. The van der Waals surface area contributed by atoms with E-state index in [2.05, 4.69) is 50.4 Å². The lowest BCUT2D eigenvalue weighted by atomic mass is 10.2. The van der Waals surface area contributed by atoms with E-state index in [1.807, 2.05) is 0 Å². The summed E-state index contributed by atoms with van der Waals surface area (Å²) in [5.41, 5.74) is 1.76. The van der Waals surface area contributed by atoms with E-state index >= 15 is 0 Å². The summed E-state index contributed by atoms with van der Waals surface area (Å²) in [6, 6.07) is 10.9. The normalized spacial score (nSPS) is 19.4. The molecule has 1 saturated carbocycles. The number of nitrogens with one attached hydrogen (secondary N) is 1. The van der Waals surface area contributed by atoms with Crippen molar-refractivity contribution < 1.29 is 9.21 Å². The second kappa shape index (κ2) is 8.67. The molecule has 1 saturated heterocycles. The van der Waals surface area contributed by atoms with Crippen LogP contribution in [0.15, 0.2) is 41.0 Å². The molecule has 1 aliphatic heterocycles. The van der Waals surface area contributed by atoms with Crippen molar-refractivity contribution in [2.24, 2.45) is 0 Å². The van der Waals surface area contributed by atoms with Crippen LogP contribution in [0.4, 0.5) is 0 Å². The Morgan fingerprint density at radius 2 is 1.70 bits per heavy atom. The van der Waals surface area contributed by atoms with E-state index in [0.29, 0.717) is 24.2 Å². The van der Waals surface area contributed by atoms with Crippen molar-refractivity contribution in [3.05, 3.63) is 53.7 Å². The third kappa shape index (κ3) is 4.96. The van der Waals surface area contributed by atoms with Gasteiger partial charge in [0, 0.05) is 38.8 Å². The van der Waals surface area contributed by atoms with Crippen LogP contribution in [0.3, 0.4) is 0 Å². The summed E-state index contributed by atoms with van der Waals surface area (Å²) in [6.45, 7) is 5.70. The van der Waals surface area contributed by atoms with Gasteiger partial charge in [0.2, 0.25) is 5.89 Å². The molecule has 1 aliphatic carbocycles. The molecule has 1 N–H and O–H groups in total. The second-order valence-corrected chi connectivity index (χ2v) is 7.62. The van der Waals surface area contributed by atoms with E-state index in [1.54, 1.807) is 0 Å². The van der Waals surface area contributed by atoms with Gasteiger partial charge in [0.1, 0.15) is 6.26 Å². The number of rotatable bonds is 6. The molecule has 6 heteroatoms. The molecule has 0 bridgehead atoms. The van der Waals surface area contributed by atoms with Gasteiger partial charge in [0.15, 0.2) is 5.69 Å². The number of carbonyl (C=O) groups excluding carboxylic acids is 1. The molecule has 0 unspecified atom stereocenters. The van der Waals surface area contributed by atoms with Crippen LogP contribution in [-0.2, 0) is 13.1 Å². The smallest absolute Gasteiger partial charge is 0.273 e. The molecule has 6 nitrogen and oxygen atoms in total. The summed E-state index contributed by atoms with van der Waals surface area (Å²) < 4.78 is 5.55. The summed E-state index contributed by atoms with van der Waals surface area (Å²) >= 11 is 0. The summed E-state index contributed by atoms with van der Waals surface area (Å²) in [6.07, 6.45) is 6.04. The molecule has 1 aromatic heterocycles. The first-order valence-electron chi connectivity index (χ1n) is 10.0. The zero-order chi connectivity index (χ0) is 18.5. The van der Waals surface area contributed by atoms with E-state index in [0.717, 1.165) is 45.6 Å². The number of oxazole rings is 1. The molecule has 144 valence electrons. The van der Waals surface area contributed by atoms with Crippen LogP contribution in [0.1, 0.15) is 47.6 Å². The molecule has 27 heavy (non-hydrogen) atoms. The Balaban J connectivity index is 1.23. The predicted octanol–water partition coefficient (Wildman–Crippen LogP) is 2.66. The molecule has 0 atom stereocenters. The standard InChI is InChI=1S/C21H28N4O2/c26-21(22-18-8-4-5-9-18)19-16-27-20(23-19)15-25-12-10-24(11-13-25)14-17-6-2-1-3-7-17/h1-3,6-7,16,18H,4-5,8-15H2,(H,22,26). The number of piperazine rings is 1. The van der Waals surface area contributed by atoms with Gasteiger partial charge >= 0.3 is 0 Å². The highest BCUT2D eigenvalue weighted by molar-refractivity contribution is 5.92. The summed E-state index contributed by atoms with van der Waals surface area (Å²) in [5, 5.41) is 3.06. The zero-order valence-electron chi connectivity index (χ0n) is 15.8. The maximum Gasteiger partial charge on any atom is 0.273 e. The monoisotopic (exact) mass is 368 g/mol. The molecule has 2 aromatic rings. The second-order valence-electron chi connectivity index (χ2n) is 7.62. The molecule has 2 aliphatic rings. The molecule has 4 rings (SSSR count). The van der Waals surface area contributed by atoms with Crippen LogP contribution in [0.2, 0.25) is 0 Å². The molecule has 2 heterocycles. The van der Waals surface area contributed by atoms with Crippen LogP contribution in [-0.4, -0.2) is 52.9 Å². The van der Waals surface area contributed by atoms with Crippen molar-refractivity contribution in [1.29, 1.82) is 0 Å². The number of benzene rings is 1. The minimum atomic E-state index is -0.107. The number of carbonyl (C=O) groups is 1. The number of nitrogens with zero attached hydrogens (tertiary/aromatic N) is 3. The van der Waals surface area contributed by atoms with Gasteiger partial charge in [0.25, 0.3) is 5.91 Å². The molecular formula is C21H28N4O2. The van der Waals surface area contributed by atoms with E-state index in [1.165, 1.54) is 24.7 Å². The quantitative estimate of drug-likeness (QED) is 0.849. The number of hydrogen-bond acceptors (Lipinski definition) is 5. The van der Waals surface area contributed by atoms with Crippen molar-refractivity contribution in [3.63, 3.8) is 0 Å². The van der Waals surface area contributed by atoms with Crippen LogP contribution in [0.5, 0.6) is 0 Å². The van der Waals surface area contributed by atoms with Crippen LogP contribution in [0, 0.1) is 0 Å². The van der Waals surface area contributed by atoms with Gasteiger partial charge in [-0.25, -0.2) is 4.98 Å². The van der Waals surface area contributed by atoms with Gasteiger partial charge in [0.05, 0.1) is 6.54 Å². The summed E-state index contributed by atoms with van der Waals surface area (Å²) in [4.78, 5) is 21.5. The van der Waals surface area contributed by atoms with Crippen molar-refractivity contribution in [2.45, 2.75) is 44.8 Å². The molecule has 0 spiro atoms. The first-order chi connectivity index (χ1) is 13.3. The van der Waals surface area contributed by atoms with Crippen LogP contribution >= 0.6 is 0 Å². The third-order valence-electron chi connectivity index (χ3n) is 5.55. The average Bonchev–Trinajstić information content (AvgIpc) is 3.36. The summed E-state index contributed by atoms with van der Waals surface area (Å²) in [7, 11) is 0. The first-order valence-corrected chi connectivity index (χ1v) is 10.0. The lowest BCUT2D eigenvalue weighted by Crippen LogP contribution is -2.45. The fourth-order valence-electron chi connectivity index (χ4n) is 3.96. The lowest BCUT2D eigenvalue weighted by Gasteiger charge is -2.34. The van der Waals surface area contributed by atoms with E-state index in [-0.39, 0.29) is 5.91 Å². The first kappa shape index (κ1) is 18.2. The van der Waals surface area contributed by atoms with Gasteiger partial charge in [-0.15, -0.1) is 0 Å². The number of amides is 1. The zero-order valence-corrected chi connectivity index (χ0v) is 15.8. The fraction of sp³-hybridized carbons (Fsp3) is 0.524. The predicted molar refractivity (Wildman–Crippen MR) is 103 cm³/mol. The van der Waals surface area contributed by atoms with Gasteiger partial charge in [-0.05, 0) is 18.4 Å². The Hall–Kier alpha value is -2.18. The minimum Gasteiger partial charge on any atom is -0.447 e. The molecule has 2 fully saturated rings. The highest BCUT2D eigenvalue weighted by Gasteiger charge is 2.22. The van der Waals surface area contributed by atoms with Crippen molar-refractivity contribution >= 4 is 5.91 Å². The van der Waals surface area contributed by atoms with Crippen LogP contribution < -0.4 is 5.32 Å². The lowest BCUT2D eigenvalue weighted by molar-refractivity contribution is 0.0932. The third-order valence-corrected chi connectivity index (χ3v) is 5.55. The largest absolute Gasteiger partial charge is 0.447 e. The average molecular weight is 368 g/mol. The Morgan fingerprint density at radius 3 is 2.41 bits per heavy atom. The Bertz CT molecular complexity index is 732. The highest BCUT2D eigenvalue weighted by Crippen LogP contribution is 2.18. The van der Waals surface area contributed by atoms with Gasteiger partial charge in [-0.2, -0.15) is 0 Å². The topological polar surface area (TPSA) is 61.6 Å². The SMILES string of the molecule is O=C(NC1CCCC1)c1coc(CN2CCN(Cc3ccccc3)CC2)n1. The highest BCUT2D eigenvalue weighted by atomic mass is 16.3. The van der Waals surface area contributed by atoms with Gasteiger partial charge < -0.3 is 9.73 Å². The molecular weight excluding hydrogens is 340 g/mol. The van der Waals surface area contributed by atoms with E-state index < -0.39 is 0 Å². The maximum absolute atomic E-state index is 12.3. The number of aromatic nitrogens is 1. The molecule has 1 aromatic carbocycles. The minimum absolute atomic E-state index is 0.107. The Morgan fingerprint density at radius 1 is 1.04 bits per heavy atom. The van der Waals surface area contributed by atoms with Gasteiger partial charge in [-0.1, -0.05) is 43.2 Å². The van der Waals surface area contributed by atoms with E-state index in [4.69, 9.17) is 4.42 Å². The Labute approximate surface area is 160 Å². The molecule has 0 radical (unpaired) electrons. The van der Waals surface area contributed by atoms with E-state index in [9.17, 15) is 4.79 Å².